The third-order valence-corrected chi connectivity index (χ3v) is 4.81. The topological polar surface area (TPSA) is 39.7 Å². The maximum absolute atomic E-state index is 13.6. The van der Waals surface area contributed by atoms with Crippen LogP contribution in [0.25, 0.3) is 0 Å². The number of likely N-dealkylation sites (tertiary alicyclic amines) is 1. The summed E-state index contributed by atoms with van der Waals surface area (Å²) in [5, 5.41) is 6.79. The van der Waals surface area contributed by atoms with Crippen LogP contribution in [0, 0.1) is 5.82 Å². The highest BCUT2D eigenvalue weighted by Gasteiger charge is 2.19. The summed E-state index contributed by atoms with van der Waals surface area (Å²) in [7, 11) is 0. The van der Waals surface area contributed by atoms with E-state index in [1.165, 1.54) is 11.6 Å². The van der Waals surface area contributed by atoms with Gasteiger partial charge in [0.05, 0.1) is 11.0 Å². The Balaban J connectivity index is 1.89. The highest BCUT2D eigenvalue weighted by Crippen LogP contribution is 2.17. The molecule has 0 saturated carbocycles. The van der Waals surface area contributed by atoms with E-state index in [0.29, 0.717) is 17.1 Å². The summed E-state index contributed by atoms with van der Waals surface area (Å²) in [5.41, 5.74) is 2.07. The molecule has 2 rings (SSSR count). The van der Waals surface area contributed by atoms with Crippen molar-refractivity contribution in [1.29, 1.82) is 0 Å². The molecule has 1 heterocycles. The van der Waals surface area contributed by atoms with Crippen LogP contribution in [0.15, 0.2) is 39.8 Å². The lowest BCUT2D eigenvalue weighted by atomic mass is 10.0. The number of piperidine rings is 1. The standard InChI is InChI=1S/C19H28BrFN4/c1-4-22-19(23-12-15-5-6-17(20)18(21)11-15)24-16-7-9-25(10-8-16)13-14(2)3/h5-6,11,16H,2,4,7-10,12-13H2,1,3H3,(H2,22,23,24). The molecule has 0 unspecified atom stereocenters. The van der Waals surface area contributed by atoms with Crippen molar-refractivity contribution in [2.75, 3.05) is 26.2 Å². The van der Waals surface area contributed by atoms with E-state index >= 15 is 0 Å². The molecule has 0 aromatic heterocycles. The normalized spacial score (nSPS) is 16.7. The molecule has 0 bridgehead atoms. The van der Waals surface area contributed by atoms with Crippen LogP contribution in [0.4, 0.5) is 4.39 Å². The fourth-order valence-electron chi connectivity index (χ4n) is 2.94. The first kappa shape index (κ1) is 19.9. The van der Waals surface area contributed by atoms with Crippen molar-refractivity contribution in [2.45, 2.75) is 39.3 Å². The van der Waals surface area contributed by atoms with E-state index in [1.54, 1.807) is 6.07 Å². The summed E-state index contributed by atoms with van der Waals surface area (Å²) in [5.74, 6) is 0.541. The Labute approximate surface area is 158 Å². The second-order valence-electron chi connectivity index (χ2n) is 6.60. The van der Waals surface area contributed by atoms with Gasteiger partial charge in [-0.15, -0.1) is 0 Å². The Hall–Kier alpha value is -1.40. The molecule has 0 amide bonds. The van der Waals surface area contributed by atoms with E-state index in [2.05, 4.69) is 50.0 Å². The van der Waals surface area contributed by atoms with Crippen LogP contribution in [0.3, 0.4) is 0 Å². The van der Waals surface area contributed by atoms with Crippen LogP contribution in [-0.4, -0.2) is 43.1 Å². The van der Waals surface area contributed by atoms with Crippen LogP contribution < -0.4 is 10.6 Å². The van der Waals surface area contributed by atoms with E-state index in [9.17, 15) is 4.39 Å². The van der Waals surface area contributed by atoms with Gasteiger partial charge >= 0.3 is 0 Å². The molecule has 0 atom stereocenters. The number of nitrogens with zero attached hydrogens (tertiary/aromatic N) is 2. The molecule has 25 heavy (non-hydrogen) atoms. The number of guanidine groups is 1. The maximum atomic E-state index is 13.6. The zero-order valence-corrected chi connectivity index (χ0v) is 16.7. The molecule has 1 aliphatic heterocycles. The maximum Gasteiger partial charge on any atom is 0.191 e. The first-order valence-corrected chi connectivity index (χ1v) is 9.62. The zero-order chi connectivity index (χ0) is 18.2. The minimum Gasteiger partial charge on any atom is -0.357 e. The first-order valence-electron chi connectivity index (χ1n) is 8.83. The SMILES string of the molecule is C=C(C)CN1CCC(NC(=NCc2ccc(Br)c(F)c2)NCC)CC1. The van der Waals surface area contributed by atoms with Crippen molar-refractivity contribution in [3.8, 4) is 0 Å². The molecule has 0 radical (unpaired) electrons. The number of hydrogen-bond acceptors (Lipinski definition) is 2. The van der Waals surface area contributed by atoms with Crippen LogP contribution in [0.5, 0.6) is 0 Å². The Bertz CT molecular complexity index is 609. The fraction of sp³-hybridized carbons (Fsp3) is 0.526. The van der Waals surface area contributed by atoms with Crippen molar-refractivity contribution >= 4 is 21.9 Å². The molecule has 1 aromatic rings. The average molecular weight is 411 g/mol. The molecule has 1 aliphatic rings. The molecule has 0 aliphatic carbocycles. The van der Waals surface area contributed by atoms with E-state index in [-0.39, 0.29) is 5.82 Å². The predicted octanol–water partition coefficient (Wildman–Crippen LogP) is 3.68. The third-order valence-electron chi connectivity index (χ3n) is 4.17. The van der Waals surface area contributed by atoms with Crippen molar-refractivity contribution in [2.24, 2.45) is 4.99 Å². The van der Waals surface area contributed by atoms with Gasteiger partial charge in [-0.2, -0.15) is 0 Å². The number of aliphatic imine (C=N–C) groups is 1. The number of benzene rings is 1. The summed E-state index contributed by atoms with van der Waals surface area (Å²) in [6.07, 6.45) is 2.18. The molecule has 138 valence electrons. The fourth-order valence-corrected chi connectivity index (χ4v) is 3.19. The van der Waals surface area contributed by atoms with Crippen molar-refractivity contribution in [1.82, 2.24) is 15.5 Å². The molecule has 1 aromatic carbocycles. The molecule has 2 N–H and O–H groups in total. The molecular formula is C19H28BrFN4. The monoisotopic (exact) mass is 410 g/mol. The number of hydrogen-bond donors (Lipinski definition) is 2. The highest BCUT2D eigenvalue weighted by atomic mass is 79.9. The number of halogens is 2. The molecule has 6 heteroatoms. The van der Waals surface area contributed by atoms with Gasteiger partial charge in [-0.3, -0.25) is 4.90 Å². The molecule has 1 saturated heterocycles. The van der Waals surface area contributed by atoms with E-state index < -0.39 is 0 Å². The van der Waals surface area contributed by atoms with Crippen molar-refractivity contribution in [3.63, 3.8) is 0 Å². The molecule has 4 nitrogen and oxygen atoms in total. The minimum absolute atomic E-state index is 0.254. The first-order chi connectivity index (χ1) is 12.0. The predicted molar refractivity (Wildman–Crippen MR) is 106 cm³/mol. The second kappa shape index (κ2) is 9.92. The summed E-state index contributed by atoms with van der Waals surface area (Å²) in [4.78, 5) is 7.04. The second-order valence-corrected chi connectivity index (χ2v) is 7.45. The van der Waals surface area contributed by atoms with Gasteiger partial charge in [0.1, 0.15) is 5.82 Å². The third kappa shape index (κ3) is 6.78. The zero-order valence-electron chi connectivity index (χ0n) is 15.1. The van der Waals surface area contributed by atoms with E-state index in [4.69, 9.17) is 0 Å². The number of nitrogens with one attached hydrogen (secondary N) is 2. The van der Waals surface area contributed by atoms with Crippen LogP contribution in [0.1, 0.15) is 32.3 Å². The Morgan fingerprint density at radius 1 is 1.40 bits per heavy atom. The summed E-state index contributed by atoms with van der Waals surface area (Å²) in [6.45, 7) is 12.5. The summed E-state index contributed by atoms with van der Waals surface area (Å²) in [6, 6.07) is 5.54. The van der Waals surface area contributed by atoms with Crippen molar-refractivity contribution in [3.05, 3.63) is 46.2 Å². The van der Waals surface area contributed by atoms with Gasteiger partial charge in [0.15, 0.2) is 5.96 Å². The van der Waals surface area contributed by atoms with Gasteiger partial charge in [0, 0.05) is 32.2 Å². The largest absolute Gasteiger partial charge is 0.357 e. The van der Waals surface area contributed by atoms with Gasteiger partial charge in [-0.05, 0) is 60.3 Å². The van der Waals surface area contributed by atoms with Gasteiger partial charge in [-0.1, -0.05) is 18.2 Å². The van der Waals surface area contributed by atoms with Gasteiger partial charge in [0.2, 0.25) is 0 Å². The highest BCUT2D eigenvalue weighted by molar-refractivity contribution is 9.10. The Kier molecular flexibility index (Phi) is 7.90. The van der Waals surface area contributed by atoms with Crippen molar-refractivity contribution < 1.29 is 4.39 Å². The molecule has 1 fully saturated rings. The quantitative estimate of drug-likeness (QED) is 0.426. The summed E-state index contributed by atoms with van der Waals surface area (Å²) < 4.78 is 14.1. The average Bonchev–Trinajstić information content (AvgIpc) is 2.57. The molecular weight excluding hydrogens is 383 g/mol. The van der Waals surface area contributed by atoms with E-state index in [1.807, 2.05) is 13.0 Å². The summed E-state index contributed by atoms with van der Waals surface area (Å²) >= 11 is 3.17. The molecule has 0 spiro atoms. The van der Waals surface area contributed by atoms with Gasteiger partial charge < -0.3 is 10.6 Å². The van der Waals surface area contributed by atoms with Crippen LogP contribution in [-0.2, 0) is 6.54 Å². The Morgan fingerprint density at radius 3 is 2.72 bits per heavy atom. The lowest BCUT2D eigenvalue weighted by molar-refractivity contribution is 0.221. The van der Waals surface area contributed by atoms with Crippen LogP contribution >= 0.6 is 15.9 Å². The smallest absolute Gasteiger partial charge is 0.191 e. The van der Waals surface area contributed by atoms with Gasteiger partial charge in [-0.25, -0.2) is 9.38 Å². The van der Waals surface area contributed by atoms with Gasteiger partial charge in [0.25, 0.3) is 0 Å². The Morgan fingerprint density at radius 2 is 2.12 bits per heavy atom. The van der Waals surface area contributed by atoms with E-state index in [0.717, 1.165) is 50.5 Å². The van der Waals surface area contributed by atoms with Crippen LogP contribution in [0.2, 0.25) is 0 Å². The minimum atomic E-state index is -0.254. The lowest BCUT2D eigenvalue weighted by Gasteiger charge is -2.33. The lowest BCUT2D eigenvalue weighted by Crippen LogP contribution is -2.48. The number of rotatable bonds is 6.